The zero-order valence-corrected chi connectivity index (χ0v) is 34.5. The smallest absolute Gasteiger partial charge is 0.198 e. The fourth-order valence-electron chi connectivity index (χ4n) is 8.92. The van der Waals surface area contributed by atoms with E-state index in [0.717, 1.165) is 18.7 Å². The van der Waals surface area contributed by atoms with Crippen molar-refractivity contribution in [1.82, 2.24) is 0 Å². The summed E-state index contributed by atoms with van der Waals surface area (Å²) >= 11 is 0. The second-order valence-electron chi connectivity index (χ2n) is 17.3. The third-order valence-corrected chi connectivity index (χ3v) is 12.1. The zero-order valence-electron chi connectivity index (χ0n) is 34.5. The summed E-state index contributed by atoms with van der Waals surface area (Å²) < 4.78 is 0. The number of rotatable bonds is 6. The van der Waals surface area contributed by atoms with Crippen LogP contribution < -0.4 is 21.1 Å². The highest BCUT2D eigenvalue weighted by atomic mass is 15.2. The van der Waals surface area contributed by atoms with E-state index in [2.05, 4.69) is 227 Å². The Kier molecular flexibility index (Phi) is 8.98. The third-order valence-electron chi connectivity index (χ3n) is 12.1. The average molecular weight is 759 g/mol. The Bertz CT molecular complexity index is 3030. The Balaban J connectivity index is 1.13. The Morgan fingerprint density at radius 2 is 1.03 bits per heavy atom. The molecule has 0 bridgehead atoms. The summed E-state index contributed by atoms with van der Waals surface area (Å²) in [7, 11) is 0.827. The summed E-state index contributed by atoms with van der Waals surface area (Å²) in [5.74, 6) is 0. The van der Waals surface area contributed by atoms with Crippen LogP contribution >= 0.6 is 0 Å². The van der Waals surface area contributed by atoms with Gasteiger partial charge >= 0.3 is 0 Å². The van der Waals surface area contributed by atoms with Gasteiger partial charge in [-0.25, -0.2) is 0 Å². The number of aryl methyl sites for hydroxylation is 2. The summed E-state index contributed by atoms with van der Waals surface area (Å²) in [6.07, 6.45) is 0. The molecule has 0 amide bonds. The van der Waals surface area contributed by atoms with Gasteiger partial charge in [-0.1, -0.05) is 166 Å². The zero-order chi connectivity index (χ0) is 40.3. The summed E-state index contributed by atoms with van der Waals surface area (Å²) in [6.45, 7) is 11.3. The fourth-order valence-corrected chi connectivity index (χ4v) is 8.92. The molecular formula is C56H47BN2. The molecule has 0 aliphatic carbocycles. The molecule has 1 heterocycles. The number of nitrogens with zero attached hydrogens (tertiary/aromatic N) is 1. The van der Waals surface area contributed by atoms with Crippen LogP contribution in [-0.4, -0.2) is 7.28 Å². The first-order valence-electron chi connectivity index (χ1n) is 20.8. The maximum absolute atomic E-state index is 3.90. The number of hydrogen-bond donors (Lipinski definition) is 1. The van der Waals surface area contributed by atoms with E-state index in [0.29, 0.717) is 0 Å². The van der Waals surface area contributed by atoms with Gasteiger partial charge < -0.3 is 10.2 Å². The highest BCUT2D eigenvalue weighted by molar-refractivity contribution is 6.73. The molecule has 0 fully saturated rings. The minimum Gasteiger partial charge on any atom is -0.355 e. The highest BCUT2D eigenvalue weighted by Crippen LogP contribution is 2.43. The van der Waals surface area contributed by atoms with Gasteiger partial charge in [0.15, 0.2) is 7.28 Å². The van der Waals surface area contributed by atoms with Gasteiger partial charge in [-0.2, -0.15) is 0 Å². The van der Waals surface area contributed by atoms with E-state index in [9.17, 15) is 0 Å². The van der Waals surface area contributed by atoms with Crippen molar-refractivity contribution in [3.63, 3.8) is 0 Å². The Hall–Kier alpha value is -6.84. The first kappa shape index (κ1) is 36.5. The van der Waals surface area contributed by atoms with Crippen molar-refractivity contribution in [3.05, 3.63) is 199 Å². The molecule has 0 unspecified atom stereocenters. The van der Waals surface area contributed by atoms with Crippen molar-refractivity contribution >= 4 is 68.2 Å². The molecule has 284 valence electrons. The fraction of sp³-hybridized carbons (Fsp3) is 0.107. The van der Waals surface area contributed by atoms with Crippen LogP contribution in [0.5, 0.6) is 0 Å². The summed E-state index contributed by atoms with van der Waals surface area (Å²) in [4.78, 5) is 2.54. The second kappa shape index (κ2) is 14.5. The monoisotopic (exact) mass is 758 g/mol. The summed E-state index contributed by atoms with van der Waals surface area (Å²) in [5, 5.41) is 8.85. The molecule has 0 saturated heterocycles. The molecule has 1 aliphatic rings. The van der Waals surface area contributed by atoms with E-state index >= 15 is 0 Å². The summed E-state index contributed by atoms with van der Waals surface area (Å²) in [6, 6.07) is 67.4. The lowest BCUT2D eigenvalue weighted by Crippen LogP contribution is -2.41. The van der Waals surface area contributed by atoms with Crippen molar-refractivity contribution in [2.24, 2.45) is 0 Å². The third kappa shape index (κ3) is 6.87. The molecule has 10 rings (SSSR count). The maximum atomic E-state index is 3.90. The lowest BCUT2D eigenvalue weighted by Gasteiger charge is -2.36. The van der Waals surface area contributed by atoms with E-state index < -0.39 is 0 Å². The van der Waals surface area contributed by atoms with E-state index in [1.807, 2.05) is 0 Å². The van der Waals surface area contributed by atoms with Crippen molar-refractivity contribution in [2.45, 2.75) is 40.0 Å². The molecule has 59 heavy (non-hydrogen) atoms. The van der Waals surface area contributed by atoms with Crippen LogP contribution in [0.25, 0.3) is 54.9 Å². The summed E-state index contributed by atoms with van der Waals surface area (Å²) in [5.41, 5.74) is 19.7. The highest BCUT2D eigenvalue weighted by Gasteiger charge is 2.30. The van der Waals surface area contributed by atoms with Gasteiger partial charge in [-0.05, 0) is 133 Å². The number of fused-ring (bicyclic) bond motifs is 4. The molecule has 0 aromatic heterocycles. The molecule has 9 aromatic carbocycles. The van der Waals surface area contributed by atoms with Gasteiger partial charge in [0.05, 0.1) is 0 Å². The predicted octanol–water partition coefficient (Wildman–Crippen LogP) is 13.8. The van der Waals surface area contributed by atoms with Gasteiger partial charge in [-0.3, -0.25) is 0 Å². The molecule has 9 aromatic rings. The topological polar surface area (TPSA) is 15.3 Å². The molecule has 2 nitrogen and oxygen atoms in total. The lowest BCUT2D eigenvalue weighted by molar-refractivity contribution is 0.590. The largest absolute Gasteiger partial charge is 0.355 e. The first-order valence-corrected chi connectivity index (χ1v) is 20.8. The van der Waals surface area contributed by atoms with Gasteiger partial charge in [0.1, 0.15) is 0 Å². The number of benzene rings is 9. The molecule has 0 saturated carbocycles. The van der Waals surface area contributed by atoms with Crippen LogP contribution in [0.1, 0.15) is 37.5 Å². The normalized spacial score (nSPS) is 12.3. The van der Waals surface area contributed by atoms with Gasteiger partial charge in [0.25, 0.3) is 0 Å². The Morgan fingerprint density at radius 3 is 1.71 bits per heavy atom. The standard InChI is InChI=1S/C56H47BN2/c1-36-29-49(48-31-41-15-9-11-17-43(41)33-51(48)58-47-27-23-40(24-28-47)39-21-25-46(26-22-39)56(3,4)5)55-54(30-36)59(53-35-44-18-12-10-16-42(44)32-50(53)57-55)52-34-45(20-19-37(52)2)38-13-7-6-8-14-38/h6-35,57-58H,1-5H3. The van der Waals surface area contributed by atoms with Crippen molar-refractivity contribution < 1.29 is 0 Å². The van der Waals surface area contributed by atoms with Crippen molar-refractivity contribution in [2.75, 3.05) is 10.2 Å². The molecule has 0 radical (unpaired) electrons. The van der Waals surface area contributed by atoms with E-state index in [1.54, 1.807) is 0 Å². The van der Waals surface area contributed by atoms with Gasteiger partial charge in [0, 0.05) is 34.0 Å². The minimum atomic E-state index is 0.128. The first-order chi connectivity index (χ1) is 28.7. The number of hydrogen-bond acceptors (Lipinski definition) is 2. The van der Waals surface area contributed by atoms with Crippen LogP contribution in [0.2, 0.25) is 0 Å². The van der Waals surface area contributed by atoms with E-state index in [-0.39, 0.29) is 5.41 Å². The molecule has 1 N–H and O–H groups in total. The minimum absolute atomic E-state index is 0.128. The van der Waals surface area contributed by atoms with E-state index in [1.165, 1.54) is 99.6 Å². The lowest BCUT2D eigenvalue weighted by atomic mass is 9.57. The second-order valence-corrected chi connectivity index (χ2v) is 17.3. The van der Waals surface area contributed by atoms with Crippen molar-refractivity contribution in [3.8, 4) is 33.4 Å². The Morgan fingerprint density at radius 1 is 0.458 bits per heavy atom. The SMILES string of the molecule is Cc1cc(-c2cc3ccccc3cc2Nc2ccc(-c3ccc(C(C)(C)C)cc3)cc2)c2c(c1)N(c1cc(-c3ccccc3)ccc1C)c1cc3ccccc3cc1B2. The van der Waals surface area contributed by atoms with E-state index in [4.69, 9.17) is 0 Å². The van der Waals surface area contributed by atoms with Crippen LogP contribution in [-0.2, 0) is 5.41 Å². The molecule has 0 spiro atoms. The predicted molar refractivity (Wildman–Crippen MR) is 257 cm³/mol. The molecule has 1 aliphatic heterocycles. The van der Waals surface area contributed by atoms with Crippen LogP contribution in [0.4, 0.5) is 28.4 Å². The van der Waals surface area contributed by atoms with Crippen LogP contribution in [0.3, 0.4) is 0 Å². The van der Waals surface area contributed by atoms with Gasteiger partial charge in [0.2, 0.25) is 0 Å². The molecule has 3 heteroatoms. The number of anilines is 5. The van der Waals surface area contributed by atoms with Crippen LogP contribution in [0.15, 0.2) is 182 Å². The van der Waals surface area contributed by atoms with Crippen molar-refractivity contribution in [1.29, 1.82) is 0 Å². The van der Waals surface area contributed by atoms with Crippen LogP contribution in [0, 0.1) is 13.8 Å². The number of nitrogens with one attached hydrogen (secondary N) is 1. The molecule has 0 atom stereocenters. The quantitative estimate of drug-likeness (QED) is 0.170. The maximum Gasteiger partial charge on any atom is 0.198 e. The Labute approximate surface area is 349 Å². The van der Waals surface area contributed by atoms with Gasteiger partial charge in [-0.15, -0.1) is 0 Å². The molecular weight excluding hydrogens is 711 g/mol. The average Bonchev–Trinajstić information content (AvgIpc) is 3.25.